The fourth-order valence-corrected chi connectivity index (χ4v) is 4.59. The second-order valence-corrected chi connectivity index (χ2v) is 10.0. The molecule has 0 atom stereocenters. The lowest BCUT2D eigenvalue weighted by Crippen LogP contribution is -2.30. The summed E-state index contributed by atoms with van der Waals surface area (Å²) in [5, 5.41) is 0. The lowest BCUT2D eigenvalue weighted by Gasteiger charge is -2.34. The van der Waals surface area contributed by atoms with E-state index in [1.807, 2.05) is 0 Å². The Kier molecular flexibility index (Phi) is 4.57. The van der Waals surface area contributed by atoms with E-state index in [1.54, 1.807) is 0 Å². The molecule has 0 unspecified atom stereocenters. The van der Waals surface area contributed by atoms with Crippen LogP contribution in [0.15, 0.2) is 66.9 Å². The number of nitrogens with zero attached hydrogens (tertiary/aromatic N) is 1. The van der Waals surface area contributed by atoms with E-state index in [-0.39, 0.29) is 10.8 Å². The van der Waals surface area contributed by atoms with E-state index < -0.39 is 5.89 Å². The molecule has 3 aromatic rings. The summed E-state index contributed by atoms with van der Waals surface area (Å²) < 4.78 is 11.4. The van der Waals surface area contributed by atoms with E-state index in [1.165, 1.54) is 27.9 Å². The van der Waals surface area contributed by atoms with Crippen molar-refractivity contribution < 1.29 is 5.94 Å². The Morgan fingerprint density at radius 1 is 0.862 bits per heavy atom. The number of aryl methyl sites for hydroxylation is 2. The van der Waals surface area contributed by atoms with Crippen LogP contribution in [-0.4, -0.2) is 0 Å². The molecule has 2 aromatic carbocycles. The van der Waals surface area contributed by atoms with Crippen molar-refractivity contribution in [3.05, 3.63) is 78.0 Å². The van der Waals surface area contributed by atoms with Crippen LogP contribution in [0.5, 0.6) is 0 Å². The highest BCUT2D eigenvalue weighted by molar-refractivity contribution is 5.70. The van der Waals surface area contributed by atoms with Crippen LogP contribution < -0.4 is 4.57 Å². The average Bonchev–Trinajstić information content (AvgIpc) is 2.86. The normalized spacial score (nSPS) is 19.7. The van der Waals surface area contributed by atoms with Crippen molar-refractivity contribution in [3.63, 3.8) is 0 Å². The van der Waals surface area contributed by atoms with Crippen LogP contribution in [0, 0.1) is 17.8 Å². The molecule has 150 valence electrons. The fraction of sp³-hybridized carbons (Fsp3) is 0.393. The van der Waals surface area contributed by atoms with E-state index >= 15 is 0 Å². The number of aromatic nitrogens is 1. The summed E-state index contributed by atoms with van der Waals surface area (Å²) in [6.45, 7) is 11.4. The Morgan fingerprint density at radius 2 is 1.48 bits per heavy atom. The molecule has 0 saturated heterocycles. The van der Waals surface area contributed by atoms with E-state index in [4.69, 9.17) is 0 Å². The molecule has 4 rings (SSSR count). The number of hydrogen-bond acceptors (Lipinski definition) is 0. The zero-order valence-electron chi connectivity index (χ0n) is 19.7. The largest absolute Gasteiger partial charge is 0.213 e. The Balaban J connectivity index is 1.68. The van der Waals surface area contributed by atoms with Gasteiger partial charge in [0.2, 0.25) is 5.69 Å². The first-order valence-corrected chi connectivity index (χ1v) is 10.7. The molecule has 0 aliphatic heterocycles. The molecule has 0 radical (unpaired) electrons. The highest BCUT2D eigenvalue weighted by Crippen LogP contribution is 2.57. The maximum absolute atomic E-state index is 9.20. The van der Waals surface area contributed by atoms with Crippen LogP contribution in [-0.2, 0) is 7.05 Å². The molecule has 0 spiro atoms. The van der Waals surface area contributed by atoms with Gasteiger partial charge < -0.3 is 0 Å². The summed E-state index contributed by atoms with van der Waals surface area (Å²) in [7, 11) is 2.10. The molecular weight excluding hydrogens is 350 g/mol. The molecule has 1 nitrogen and oxygen atoms in total. The Morgan fingerprint density at radius 3 is 2.10 bits per heavy atom. The van der Waals surface area contributed by atoms with Gasteiger partial charge >= 0.3 is 0 Å². The van der Waals surface area contributed by atoms with Gasteiger partial charge in [-0.2, -0.15) is 0 Å². The number of pyridine rings is 1. The van der Waals surface area contributed by atoms with Crippen molar-refractivity contribution in [1.29, 1.82) is 0 Å². The maximum Gasteiger partial charge on any atom is 0.213 e. The highest BCUT2D eigenvalue weighted by Gasteiger charge is 2.46. The van der Waals surface area contributed by atoms with Crippen molar-refractivity contribution in [2.45, 2.75) is 53.4 Å². The van der Waals surface area contributed by atoms with Crippen LogP contribution in [0.4, 0.5) is 0 Å². The maximum atomic E-state index is 9.20. The summed E-state index contributed by atoms with van der Waals surface area (Å²) in [4.78, 5) is 0. The van der Waals surface area contributed by atoms with Gasteiger partial charge in [-0.3, -0.25) is 0 Å². The molecule has 1 saturated carbocycles. The first-order chi connectivity index (χ1) is 14.0. The molecule has 1 aromatic heterocycles. The van der Waals surface area contributed by atoms with Gasteiger partial charge in [-0.1, -0.05) is 70.2 Å². The van der Waals surface area contributed by atoms with Gasteiger partial charge in [-0.05, 0) is 64.8 Å². The molecule has 1 aliphatic rings. The summed E-state index contributed by atoms with van der Waals surface area (Å²) >= 11 is 0. The minimum absolute atomic E-state index is 0.171. The van der Waals surface area contributed by atoms with Crippen molar-refractivity contribution >= 4 is 0 Å². The standard InChI is InChI=1S/C28H34N/c1-20-9-7-8-10-25(20)26-17-23(15-16-29(26)6)21-11-13-22(14-12-21)24-18-27(2,3)28(4,5)19-24/h7-17,24H,18-19H2,1-6H3/q+1/i24D. The van der Waals surface area contributed by atoms with Crippen LogP contribution in [0.25, 0.3) is 22.4 Å². The summed E-state index contributed by atoms with van der Waals surface area (Å²) in [6.07, 6.45) is 3.95. The molecule has 0 N–H and O–H groups in total. The highest BCUT2D eigenvalue weighted by atomic mass is 14.9. The van der Waals surface area contributed by atoms with E-state index in [9.17, 15) is 1.37 Å². The van der Waals surface area contributed by atoms with Crippen LogP contribution in [0.2, 0.25) is 0 Å². The Hall–Kier alpha value is -2.41. The van der Waals surface area contributed by atoms with Crippen molar-refractivity contribution in [3.8, 4) is 22.4 Å². The third-order valence-electron chi connectivity index (χ3n) is 7.34. The molecule has 1 aliphatic carbocycles. The first kappa shape index (κ1) is 18.6. The number of rotatable bonds is 3. The van der Waals surface area contributed by atoms with Crippen molar-refractivity contribution in [1.82, 2.24) is 0 Å². The minimum Gasteiger partial charge on any atom is -0.201 e. The Bertz CT molecular complexity index is 1060. The number of benzene rings is 2. The SMILES string of the molecule is [2H]C1(c2ccc(-c3cc[n+](C)c(-c4ccccc4C)c3)cc2)CC(C)(C)C(C)(C)C1. The van der Waals surface area contributed by atoms with Crippen LogP contribution in [0.3, 0.4) is 0 Å². The van der Waals surface area contributed by atoms with Crippen LogP contribution in [0.1, 0.15) is 58.9 Å². The summed E-state index contributed by atoms with van der Waals surface area (Å²) in [6, 6.07) is 21.7. The van der Waals surface area contributed by atoms with Gasteiger partial charge in [0.15, 0.2) is 6.20 Å². The summed E-state index contributed by atoms with van der Waals surface area (Å²) in [5.41, 5.74) is 7.66. The lowest BCUT2D eigenvalue weighted by molar-refractivity contribution is -0.660. The predicted molar refractivity (Wildman–Crippen MR) is 123 cm³/mol. The molecule has 1 fully saturated rings. The van der Waals surface area contributed by atoms with Crippen molar-refractivity contribution in [2.24, 2.45) is 17.9 Å². The molecule has 0 bridgehead atoms. The van der Waals surface area contributed by atoms with Gasteiger partial charge in [0.1, 0.15) is 7.05 Å². The Labute approximate surface area is 177 Å². The van der Waals surface area contributed by atoms with Crippen LogP contribution >= 0.6 is 0 Å². The first-order valence-electron chi connectivity index (χ1n) is 11.2. The quantitative estimate of drug-likeness (QED) is 0.424. The third kappa shape index (κ3) is 3.64. The topological polar surface area (TPSA) is 3.88 Å². The minimum atomic E-state index is -0.499. The van der Waals surface area contributed by atoms with E-state index in [0.717, 1.165) is 18.4 Å². The van der Waals surface area contributed by atoms with Gasteiger partial charge in [0, 0.05) is 19.1 Å². The van der Waals surface area contributed by atoms with Gasteiger partial charge in [-0.15, -0.1) is 0 Å². The third-order valence-corrected chi connectivity index (χ3v) is 7.34. The number of hydrogen-bond donors (Lipinski definition) is 0. The lowest BCUT2D eigenvalue weighted by atomic mass is 9.71. The van der Waals surface area contributed by atoms with E-state index in [2.05, 4.69) is 113 Å². The van der Waals surface area contributed by atoms with Crippen molar-refractivity contribution in [2.75, 3.05) is 0 Å². The molecule has 29 heavy (non-hydrogen) atoms. The average molecular weight is 386 g/mol. The summed E-state index contributed by atoms with van der Waals surface area (Å²) in [5.74, 6) is -0.499. The predicted octanol–water partition coefficient (Wildman–Crippen LogP) is 7.08. The van der Waals surface area contributed by atoms with Gasteiger partial charge in [0.25, 0.3) is 0 Å². The second kappa shape index (κ2) is 7.13. The monoisotopic (exact) mass is 385 g/mol. The van der Waals surface area contributed by atoms with E-state index in [0.29, 0.717) is 0 Å². The zero-order valence-corrected chi connectivity index (χ0v) is 18.7. The molecule has 1 heteroatoms. The molecule has 0 amide bonds. The fourth-order valence-electron chi connectivity index (χ4n) is 4.59. The van der Waals surface area contributed by atoms with Gasteiger partial charge in [0.05, 0.1) is 0 Å². The molecular formula is C28H34N+. The molecule has 1 heterocycles. The second-order valence-electron chi connectivity index (χ2n) is 10.0. The zero-order chi connectivity index (χ0) is 21.7. The smallest absolute Gasteiger partial charge is 0.201 e. The van der Waals surface area contributed by atoms with Gasteiger partial charge in [-0.25, -0.2) is 4.57 Å².